The van der Waals surface area contributed by atoms with Gasteiger partial charge in [-0.25, -0.2) is 0 Å². The Hall–Kier alpha value is -4.59. The molecule has 3 aromatic heterocycles. The number of hydrogen-bond donors (Lipinski definition) is 1. The highest BCUT2D eigenvalue weighted by molar-refractivity contribution is 5.95. The number of nitrogens with one attached hydrogen (secondary N) is 1. The number of carbonyl (C=O) groups excluding carboxylic acids is 1. The normalized spacial score (nSPS) is 10.9. The molecule has 0 bridgehead atoms. The van der Waals surface area contributed by atoms with E-state index in [0.717, 1.165) is 16.5 Å². The first-order valence-corrected chi connectivity index (χ1v) is 10.3. The molecule has 0 unspecified atom stereocenters. The Balaban J connectivity index is 1.50. The number of aryl methyl sites for hydroxylation is 1. The zero-order valence-corrected chi connectivity index (χ0v) is 17.7. The van der Waals surface area contributed by atoms with Crippen molar-refractivity contribution in [3.05, 3.63) is 95.0 Å². The van der Waals surface area contributed by atoms with Crippen LogP contribution < -0.4 is 10.9 Å². The number of benzene rings is 2. The van der Waals surface area contributed by atoms with Crippen LogP contribution >= 0.6 is 0 Å². The van der Waals surface area contributed by atoms with Gasteiger partial charge in [0, 0.05) is 35.1 Å². The maximum absolute atomic E-state index is 13.0. The Labute approximate surface area is 188 Å². The lowest BCUT2D eigenvalue weighted by molar-refractivity contribution is -0.116. The summed E-state index contributed by atoms with van der Waals surface area (Å²) in [6.45, 7) is 1.85. The van der Waals surface area contributed by atoms with Crippen LogP contribution in [-0.4, -0.2) is 25.6 Å². The van der Waals surface area contributed by atoms with Gasteiger partial charge in [-0.2, -0.15) is 4.98 Å². The van der Waals surface area contributed by atoms with Crippen LogP contribution in [0.4, 0.5) is 5.69 Å². The number of fused-ring (bicyclic) bond motifs is 1. The molecule has 162 valence electrons. The average Bonchev–Trinajstić information content (AvgIpc) is 3.33. The van der Waals surface area contributed by atoms with Crippen molar-refractivity contribution in [2.75, 3.05) is 5.32 Å². The van der Waals surface area contributed by atoms with Crippen molar-refractivity contribution in [2.45, 2.75) is 13.5 Å². The lowest BCUT2D eigenvalue weighted by atomic mass is 10.1. The van der Waals surface area contributed by atoms with Crippen LogP contribution in [-0.2, 0) is 11.3 Å². The van der Waals surface area contributed by atoms with Crippen molar-refractivity contribution in [2.24, 2.45) is 0 Å². The van der Waals surface area contributed by atoms with E-state index in [-0.39, 0.29) is 23.9 Å². The smallest absolute Gasteiger partial charge is 0.259 e. The molecule has 0 spiro atoms. The van der Waals surface area contributed by atoms with Crippen LogP contribution in [0.25, 0.3) is 33.7 Å². The van der Waals surface area contributed by atoms with E-state index in [0.29, 0.717) is 22.6 Å². The van der Waals surface area contributed by atoms with Gasteiger partial charge in [-0.3, -0.25) is 19.1 Å². The van der Waals surface area contributed by atoms with Crippen molar-refractivity contribution >= 4 is 22.5 Å². The van der Waals surface area contributed by atoms with Crippen LogP contribution in [0.3, 0.4) is 0 Å². The van der Waals surface area contributed by atoms with Gasteiger partial charge in [0.25, 0.3) is 11.4 Å². The molecule has 0 atom stereocenters. The number of nitrogens with zero attached hydrogens (tertiary/aromatic N) is 4. The minimum atomic E-state index is -0.341. The molecule has 0 radical (unpaired) electrons. The SMILES string of the molecule is Cc1ccc(NC(=O)Cn2c(=O)cc(-c3nc(-c4ccncc4)no3)c3ccccc32)cc1. The summed E-state index contributed by atoms with van der Waals surface area (Å²) < 4.78 is 6.90. The molecule has 3 heterocycles. The summed E-state index contributed by atoms with van der Waals surface area (Å²) in [5, 5.41) is 7.60. The molecule has 8 nitrogen and oxygen atoms in total. The first-order chi connectivity index (χ1) is 16.1. The molecule has 0 aliphatic carbocycles. The number of aromatic nitrogens is 4. The number of pyridine rings is 2. The highest BCUT2D eigenvalue weighted by Gasteiger charge is 2.17. The van der Waals surface area contributed by atoms with Crippen LogP contribution in [0, 0.1) is 6.92 Å². The van der Waals surface area contributed by atoms with Gasteiger partial charge in [0.15, 0.2) is 0 Å². The average molecular weight is 437 g/mol. The number of amides is 1. The number of anilines is 1. The van der Waals surface area contributed by atoms with E-state index in [2.05, 4.69) is 20.4 Å². The van der Waals surface area contributed by atoms with Gasteiger partial charge in [-0.1, -0.05) is 41.1 Å². The molecule has 5 aromatic rings. The second-order valence-electron chi connectivity index (χ2n) is 7.57. The molecule has 0 fully saturated rings. The van der Waals surface area contributed by atoms with Crippen molar-refractivity contribution in [3.8, 4) is 22.8 Å². The standard InChI is InChI=1S/C25H19N5O3/c1-16-6-8-18(9-7-16)27-22(31)15-30-21-5-3-2-4-19(21)20(14-23(30)32)25-28-24(29-33-25)17-10-12-26-13-11-17/h2-14H,15H2,1H3,(H,27,31). The molecule has 0 aliphatic heterocycles. The van der Waals surface area contributed by atoms with Gasteiger partial charge in [-0.05, 0) is 37.3 Å². The predicted octanol–water partition coefficient (Wildman–Crippen LogP) is 4.06. The van der Waals surface area contributed by atoms with Gasteiger partial charge < -0.3 is 9.84 Å². The Morgan fingerprint density at radius 2 is 1.79 bits per heavy atom. The molecular weight excluding hydrogens is 418 g/mol. The van der Waals surface area contributed by atoms with E-state index < -0.39 is 0 Å². The highest BCUT2D eigenvalue weighted by atomic mass is 16.5. The number of hydrogen-bond acceptors (Lipinski definition) is 6. The third-order valence-electron chi connectivity index (χ3n) is 5.25. The van der Waals surface area contributed by atoms with Crippen molar-refractivity contribution in [1.82, 2.24) is 19.7 Å². The zero-order valence-electron chi connectivity index (χ0n) is 17.7. The van der Waals surface area contributed by atoms with E-state index in [4.69, 9.17) is 4.52 Å². The Bertz CT molecular complexity index is 1510. The quantitative estimate of drug-likeness (QED) is 0.445. The molecule has 1 N–H and O–H groups in total. The third kappa shape index (κ3) is 4.14. The molecule has 2 aromatic carbocycles. The first-order valence-electron chi connectivity index (χ1n) is 10.3. The van der Waals surface area contributed by atoms with Gasteiger partial charge in [0.05, 0.1) is 11.1 Å². The van der Waals surface area contributed by atoms with Gasteiger partial charge in [0.1, 0.15) is 6.54 Å². The second-order valence-corrected chi connectivity index (χ2v) is 7.57. The number of para-hydroxylation sites is 1. The molecule has 1 amide bonds. The molecular formula is C25H19N5O3. The van der Waals surface area contributed by atoms with Crippen LogP contribution in [0.2, 0.25) is 0 Å². The Morgan fingerprint density at radius 3 is 2.58 bits per heavy atom. The van der Waals surface area contributed by atoms with E-state index in [1.54, 1.807) is 30.6 Å². The molecule has 0 aliphatic rings. The van der Waals surface area contributed by atoms with Crippen LogP contribution in [0.5, 0.6) is 0 Å². The third-order valence-corrected chi connectivity index (χ3v) is 5.25. The lowest BCUT2D eigenvalue weighted by Gasteiger charge is -2.12. The second kappa shape index (κ2) is 8.51. The maximum Gasteiger partial charge on any atom is 0.259 e. The maximum atomic E-state index is 13.0. The molecule has 0 saturated heterocycles. The molecule has 33 heavy (non-hydrogen) atoms. The summed E-state index contributed by atoms with van der Waals surface area (Å²) in [5.41, 5.74) is 3.30. The van der Waals surface area contributed by atoms with Crippen molar-refractivity contribution < 1.29 is 9.32 Å². The fourth-order valence-corrected chi connectivity index (χ4v) is 3.61. The van der Waals surface area contributed by atoms with E-state index in [1.165, 1.54) is 10.6 Å². The van der Waals surface area contributed by atoms with Crippen LogP contribution in [0.1, 0.15) is 5.56 Å². The number of carbonyl (C=O) groups is 1. The Kier molecular flexibility index (Phi) is 5.24. The van der Waals surface area contributed by atoms with E-state index in [9.17, 15) is 9.59 Å². The summed E-state index contributed by atoms with van der Waals surface area (Å²) in [5.74, 6) is 0.334. The topological polar surface area (TPSA) is 103 Å². The lowest BCUT2D eigenvalue weighted by Crippen LogP contribution is -2.27. The Morgan fingerprint density at radius 1 is 1.03 bits per heavy atom. The summed E-state index contributed by atoms with van der Waals surface area (Å²) in [6, 6.07) is 19.8. The number of rotatable bonds is 5. The minimum Gasteiger partial charge on any atom is -0.334 e. The molecule has 5 rings (SSSR count). The fraction of sp³-hybridized carbons (Fsp3) is 0.0800. The van der Waals surface area contributed by atoms with E-state index >= 15 is 0 Å². The monoisotopic (exact) mass is 437 g/mol. The fourth-order valence-electron chi connectivity index (χ4n) is 3.61. The van der Waals surface area contributed by atoms with Crippen molar-refractivity contribution in [3.63, 3.8) is 0 Å². The predicted molar refractivity (Wildman–Crippen MR) is 125 cm³/mol. The van der Waals surface area contributed by atoms with Gasteiger partial charge in [-0.15, -0.1) is 0 Å². The first kappa shape index (κ1) is 20.3. The summed E-state index contributed by atoms with van der Waals surface area (Å²) >= 11 is 0. The van der Waals surface area contributed by atoms with Gasteiger partial charge in [0.2, 0.25) is 11.7 Å². The van der Waals surface area contributed by atoms with E-state index in [1.807, 2.05) is 49.4 Å². The molecule has 8 heteroatoms. The molecule has 0 saturated carbocycles. The zero-order chi connectivity index (χ0) is 22.8. The minimum absolute atomic E-state index is 0.125. The summed E-state index contributed by atoms with van der Waals surface area (Å²) in [4.78, 5) is 34.1. The summed E-state index contributed by atoms with van der Waals surface area (Å²) in [7, 11) is 0. The van der Waals surface area contributed by atoms with Crippen molar-refractivity contribution in [1.29, 1.82) is 0 Å². The summed E-state index contributed by atoms with van der Waals surface area (Å²) in [6.07, 6.45) is 3.28. The van der Waals surface area contributed by atoms with Crippen LogP contribution in [0.15, 0.2) is 88.4 Å². The highest BCUT2D eigenvalue weighted by Crippen LogP contribution is 2.28. The largest absolute Gasteiger partial charge is 0.334 e. The van der Waals surface area contributed by atoms with Gasteiger partial charge >= 0.3 is 0 Å².